The highest BCUT2D eigenvalue weighted by Gasteiger charge is 2.38. The van der Waals surface area contributed by atoms with Gasteiger partial charge >= 0.3 is 0 Å². The Balaban J connectivity index is 4.47. The van der Waals surface area contributed by atoms with Gasteiger partial charge in [-0.05, 0) is 64.6 Å². The average Bonchev–Trinajstić information content (AvgIpc) is 2.12. The third kappa shape index (κ3) is 7.25. The first-order valence-electron chi connectivity index (χ1n) is 7.06. The largest absolute Gasteiger partial charge is 0.414 e. The van der Waals surface area contributed by atoms with E-state index < -0.39 is 8.32 Å². The Labute approximate surface area is 134 Å². The van der Waals surface area contributed by atoms with Crippen LogP contribution in [0.4, 0.5) is 0 Å². The van der Waals surface area contributed by atoms with Gasteiger partial charge in [-0.3, -0.25) is 0 Å². The van der Waals surface area contributed by atoms with Gasteiger partial charge in [-0.25, -0.2) is 0 Å². The molecular formula is C15H31IO2Si. The van der Waals surface area contributed by atoms with Gasteiger partial charge in [0.2, 0.25) is 0 Å². The summed E-state index contributed by atoms with van der Waals surface area (Å²) in [7, 11) is -1.73. The summed E-state index contributed by atoms with van der Waals surface area (Å²) in [5.74, 6) is 0.183. The summed E-state index contributed by atoms with van der Waals surface area (Å²) in [5, 5.41) is 10.4. The van der Waals surface area contributed by atoms with E-state index in [1.165, 1.54) is 3.58 Å². The summed E-state index contributed by atoms with van der Waals surface area (Å²) in [6.07, 6.45) is 2.60. The zero-order valence-corrected chi connectivity index (χ0v) is 16.9. The zero-order valence-electron chi connectivity index (χ0n) is 13.7. The van der Waals surface area contributed by atoms with Crippen molar-refractivity contribution in [1.82, 2.24) is 0 Å². The van der Waals surface area contributed by atoms with E-state index in [0.717, 1.165) is 0 Å². The molecule has 114 valence electrons. The minimum Gasteiger partial charge on any atom is -0.414 e. The molecule has 0 saturated carbocycles. The van der Waals surface area contributed by atoms with Crippen molar-refractivity contribution in [2.45, 2.75) is 78.3 Å². The first-order valence-corrected chi connectivity index (χ1v) is 11.1. The highest BCUT2D eigenvalue weighted by Crippen LogP contribution is 2.37. The number of aliphatic hydroxyl groups is 1. The van der Waals surface area contributed by atoms with E-state index in [-0.39, 0.29) is 23.2 Å². The first kappa shape index (κ1) is 19.6. The molecule has 0 fully saturated rings. The quantitative estimate of drug-likeness (QED) is 0.497. The molecule has 19 heavy (non-hydrogen) atoms. The van der Waals surface area contributed by atoms with Crippen molar-refractivity contribution in [3.8, 4) is 0 Å². The smallest absolute Gasteiger partial charge is 0.192 e. The van der Waals surface area contributed by atoms with Crippen molar-refractivity contribution >= 4 is 30.9 Å². The second-order valence-electron chi connectivity index (χ2n) is 7.10. The summed E-state index contributed by atoms with van der Waals surface area (Å²) >= 11 is 2.28. The van der Waals surface area contributed by atoms with Crippen LogP contribution < -0.4 is 0 Å². The highest BCUT2D eigenvalue weighted by atomic mass is 127. The van der Waals surface area contributed by atoms with Crippen molar-refractivity contribution in [3.63, 3.8) is 0 Å². The molecule has 0 unspecified atom stereocenters. The van der Waals surface area contributed by atoms with E-state index >= 15 is 0 Å². The Morgan fingerprint density at radius 1 is 1.32 bits per heavy atom. The molecule has 4 heteroatoms. The number of aliphatic hydroxyl groups excluding tert-OH is 1. The second kappa shape index (κ2) is 7.57. The second-order valence-corrected chi connectivity index (χ2v) is 13.6. The lowest BCUT2D eigenvalue weighted by molar-refractivity contribution is 0.0731. The Bertz CT molecular complexity index is 304. The summed E-state index contributed by atoms with van der Waals surface area (Å²) in [4.78, 5) is 0. The van der Waals surface area contributed by atoms with Crippen LogP contribution in [0, 0.1) is 5.92 Å². The van der Waals surface area contributed by atoms with Crippen LogP contribution in [0.5, 0.6) is 0 Å². The van der Waals surface area contributed by atoms with E-state index in [1.807, 2.05) is 0 Å². The topological polar surface area (TPSA) is 29.5 Å². The normalized spacial score (nSPS) is 19.2. The van der Waals surface area contributed by atoms with Gasteiger partial charge < -0.3 is 9.53 Å². The molecule has 0 bridgehead atoms. The van der Waals surface area contributed by atoms with E-state index in [1.54, 1.807) is 0 Å². The molecule has 0 amide bonds. The van der Waals surface area contributed by atoms with E-state index in [2.05, 4.69) is 83.3 Å². The molecule has 0 aliphatic heterocycles. The molecule has 2 nitrogen and oxygen atoms in total. The van der Waals surface area contributed by atoms with E-state index in [9.17, 15) is 5.11 Å². The molecule has 3 atom stereocenters. The van der Waals surface area contributed by atoms with Gasteiger partial charge in [0.05, 0.1) is 6.10 Å². The van der Waals surface area contributed by atoms with Crippen LogP contribution in [-0.4, -0.2) is 25.6 Å². The molecule has 0 rings (SSSR count). The Hall–Kier alpha value is 0.607. The maximum atomic E-state index is 10.2. The van der Waals surface area contributed by atoms with Gasteiger partial charge in [0.15, 0.2) is 8.32 Å². The fourth-order valence-electron chi connectivity index (χ4n) is 1.76. The lowest BCUT2D eigenvalue weighted by atomic mass is 9.99. The molecule has 1 N–H and O–H groups in total. The molecular weight excluding hydrogens is 367 g/mol. The minimum absolute atomic E-state index is 0.112. The van der Waals surface area contributed by atoms with Gasteiger partial charge in [-0.1, -0.05) is 33.8 Å². The number of hydrogen-bond donors (Lipinski definition) is 1. The van der Waals surface area contributed by atoms with Crippen molar-refractivity contribution in [1.29, 1.82) is 0 Å². The maximum absolute atomic E-state index is 10.2. The highest BCUT2D eigenvalue weighted by molar-refractivity contribution is 14.1. The summed E-state index contributed by atoms with van der Waals surface area (Å²) < 4.78 is 7.51. The number of halogens is 1. The van der Waals surface area contributed by atoms with E-state index in [4.69, 9.17) is 4.43 Å². The molecule has 0 aromatic rings. The van der Waals surface area contributed by atoms with Crippen molar-refractivity contribution in [2.75, 3.05) is 0 Å². The molecule has 0 aromatic heterocycles. The van der Waals surface area contributed by atoms with Crippen LogP contribution in [0.25, 0.3) is 0 Å². The van der Waals surface area contributed by atoms with Gasteiger partial charge in [-0.15, -0.1) is 0 Å². The minimum atomic E-state index is -1.73. The standard InChI is InChI=1S/C15H31IO2Si/c1-11(9-12(2)16)14(17)10-13(3)18-19(7,8)15(4,5)6/h9,11,13-14,17H,10H2,1-8H3/b12-9+/t11-,13-,14-/m1/s1. The van der Waals surface area contributed by atoms with Crippen molar-refractivity contribution < 1.29 is 9.53 Å². The van der Waals surface area contributed by atoms with E-state index in [0.29, 0.717) is 6.42 Å². The van der Waals surface area contributed by atoms with Gasteiger partial charge in [0.25, 0.3) is 0 Å². The summed E-state index contributed by atoms with van der Waals surface area (Å²) in [6, 6.07) is 0. The van der Waals surface area contributed by atoms with Crippen molar-refractivity contribution in [3.05, 3.63) is 9.66 Å². The van der Waals surface area contributed by atoms with Crippen LogP contribution in [0.1, 0.15) is 48.0 Å². The lowest BCUT2D eigenvalue weighted by Crippen LogP contribution is -2.44. The third-order valence-corrected chi connectivity index (χ3v) is 8.94. The first-order chi connectivity index (χ1) is 8.36. The molecule has 0 aliphatic carbocycles. The zero-order chi connectivity index (χ0) is 15.4. The molecule has 0 radical (unpaired) electrons. The molecule has 0 aliphatic rings. The SMILES string of the molecule is C/C(I)=C\[C@@H](C)[C@H](O)C[C@@H](C)O[Si](C)(C)C(C)(C)C. The predicted octanol–water partition coefficient (Wildman–Crippen LogP) is 5.12. The Morgan fingerprint density at radius 3 is 2.16 bits per heavy atom. The summed E-state index contributed by atoms with van der Waals surface area (Å²) in [5.41, 5.74) is 0. The fourth-order valence-corrected chi connectivity index (χ4v) is 3.78. The van der Waals surface area contributed by atoms with Crippen LogP contribution in [-0.2, 0) is 4.43 Å². The Morgan fingerprint density at radius 2 is 1.79 bits per heavy atom. The molecule has 0 saturated heterocycles. The van der Waals surface area contributed by atoms with Gasteiger partial charge in [0.1, 0.15) is 0 Å². The predicted molar refractivity (Wildman–Crippen MR) is 95.3 cm³/mol. The Kier molecular flexibility index (Phi) is 7.81. The summed E-state index contributed by atoms with van der Waals surface area (Å²) in [6.45, 7) is 17.4. The van der Waals surface area contributed by atoms with Crippen molar-refractivity contribution in [2.24, 2.45) is 5.92 Å². The fraction of sp³-hybridized carbons (Fsp3) is 0.867. The number of allylic oxidation sites excluding steroid dienone is 1. The third-order valence-electron chi connectivity index (χ3n) is 3.97. The van der Waals surface area contributed by atoms with Crippen LogP contribution >= 0.6 is 22.6 Å². The lowest BCUT2D eigenvalue weighted by Gasteiger charge is -2.39. The van der Waals surface area contributed by atoms with Gasteiger partial charge in [-0.2, -0.15) is 0 Å². The van der Waals surface area contributed by atoms with Gasteiger partial charge in [0, 0.05) is 12.0 Å². The van der Waals surface area contributed by atoms with Crippen LogP contribution in [0.2, 0.25) is 18.1 Å². The average molecular weight is 398 g/mol. The maximum Gasteiger partial charge on any atom is 0.192 e. The molecule has 0 spiro atoms. The molecule has 0 heterocycles. The number of hydrogen-bond acceptors (Lipinski definition) is 2. The molecule has 0 aromatic carbocycles. The number of rotatable bonds is 6. The monoisotopic (exact) mass is 398 g/mol. The van der Waals surface area contributed by atoms with Crippen LogP contribution in [0.15, 0.2) is 9.66 Å². The van der Waals surface area contributed by atoms with Crippen LogP contribution in [0.3, 0.4) is 0 Å².